The van der Waals surface area contributed by atoms with Crippen LogP contribution in [0.5, 0.6) is 0 Å². The third kappa shape index (κ3) is 15.0. The zero-order valence-corrected chi connectivity index (χ0v) is 16.7. The summed E-state index contributed by atoms with van der Waals surface area (Å²) in [6.45, 7) is 7.32. The molecule has 0 aliphatic heterocycles. The molecule has 1 N–H and O–H groups in total. The molecule has 0 fully saturated rings. The number of rotatable bonds is 18. The predicted molar refractivity (Wildman–Crippen MR) is 104 cm³/mol. The minimum Gasteiger partial charge on any atom is -0.274 e. The second kappa shape index (κ2) is 18.8. The van der Waals surface area contributed by atoms with E-state index in [0.29, 0.717) is 6.61 Å². The molecule has 0 bridgehead atoms. The molecule has 0 spiro atoms. The van der Waals surface area contributed by atoms with Gasteiger partial charge in [0.05, 0.1) is 6.61 Å². The Morgan fingerprint density at radius 3 is 1.67 bits per heavy atom. The van der Waals surface area contributed by atoms with Gasteiger partial charge < -0.3 is 0 Å². The van der Waals surface area contributed by atoms with E-state index in [0.717, 1.165) is 32.1 Å². The van der Waals surface area contributed by atoms with Crippen LogP contribution in [0.25, 0.3) is 0 Å². The smallest absolute Gasteiger partial charge is 0.246 e. The summed E-state index contributed by atoms with van der Waals surface area (Å²) in [6, 6.07) is 0. The molecular weight excluding hydrogens is 298 g/mol. The fourth-order valence-electron chi connectivity index (χ4n) is 3.02. The van der Waals surface area contributed by atoms with E-state index in [1.54, 1.807) is 0 Å². The van der Waals surface area contributed by atoms with Gasteiger partial charge in [-0.25, -0.2) is 5.48 Å². The van der Waals surface area contributed by atoms with E-state index < -0.39 is 0 Å². The van der Waals surface area contributed by atoms with E-state index in [9.17, 15) is 4.79 Å². The Kier molecular flexibility index (Phi) is 18.3. The molecule has 3 heteroatoms. The summed E-state index contributed by atoms with van der Waals surface area (Å²) in [5, 5.41) is 0. The molecule has 0 atom stereocenters. The number of carbonyl (C=O) groups is 1. The topological polar surface area (TPSA) is 38.3 Å². The van der Waals surface area contributed by atoms with Gasteiger partial charge in [-0.1, -0.05) is 97.8 Å². The van der Waals surface area contributed by atoms with Crippen LogP contribution in [0.1, 0.15) is 117 Å². The van der Waals surface area contributed by atoms with Crippen LogP contribution >= 0.6 is 0 Å². The normalized spacial score (nSPS) is 11.2. The molecule has 24 heavy (non-hydrogen) atoms. The average Bonchev–Trinajstić information content (AvgIpc) is 2.59. The Morgan fingerprint density at radius 2 is 1.17 bits per heavy atom. The zero-order chi connectivity index (χ0) is 17.9. The molecule has 0 unspecified atom stereocenters. The molecule has 0 saturated carbocycles. The first-order valence-electron chi connectivity index (χ1n) is 10.7. The van der Waals surface area contributed by atoms with Crippen LogP contribution in [-0.2, 0) is 9.63 Å². The van der Waals surface area contributed by atoms with Crippen LogP contribution in [0, 0.1) is 5.92 Å². The fourth-order valence-corrected chi connectivity index (χ4v) is 3.02. The molecule has 0 heterocycles. The van der Waals surface area contributed by atoms with Crippen LogP contribution < -0.4 is 5.48 Å². The molecule has 0 rings (SSSR count). The lowest BCUT2D eigenvalue weighted by Crippen LogP contribution is -2.31. The highest BCUT2D eigenvalue weighted by Crippen LogP contribution is 2.18. The lowest BCUT2D eigenvalue weighted by atomic mass is 9.94. The molecule has 0 aromatic heterocycles. The summed E-state index contributed by atoms with van der Waals surface area (Å²) in [6.07, 6.45) is 17.9. The van der Waals surface area contributed by atoms with E-state index >= 15 is 0 Å². The quantitative estimate of drug-likeness (QED) is 0.226. The Balaban J connectivity index is 3.92. The number of hydrogen-bond acceptors (Lipinski definition) is 2. The highest BCUT2D eigenvalue weighted by atomic mass is 16.6. The van der Waals surface area contributed by atoms with Crippen molar-refractivity contribution in [3.63, 3.8) is 0 Å². The molecule has 144 valence electrons. The molecule has 0 aliphatic carbocycles. The summed E-state index contributed by atoms with van der Waals surface area (Å²) in [5.74, 6) is 0.246. The molecule has 3 nitrogen and oxygen atoms in total. The van der Waals surface area contributed by atoms with Gasteiger partial charge in [-0.15, -0.1) is 0 Å². The monoisotopic (exact) mass is 341 g/mol. The summed E-state index contributed by atoms with van der Waals surface area (Å²) < 4.78 is 0. The van der Waals surface area contributed by atoms with E-state index in [-0.39, 0.29) is 11.8 Å². The number of carbonyl (C=O) groups excluding carboxylic acids is 1. The maximum Gasteiger partial charge on any atom is 0.246 e. The first kappa shape index (κ1) is 23.4. The van der Waals surface area contributed by atoms with Crippen molar-refractivity contribution in [1.82, 2.24) is 5.48 Å². The largest absolute Gasteiger partial charge is 0.274 e. The number of nitrogens with one attached hydrogen (secondary N) is 1. The van der Waals surface area contributed by atoms with Gasteiger partial charge in [0.1, 0.15) is 0 Å². The van der Waals surface area contributed by atoms with E-state index in [2.05, 4.69) is 26.3 Å². The van der Waals surface area contributed by atoms with Crippen molar-refractivity contribution in [2.75, 3.05) is 6.61 Å². The summed E-state index contributed by atoms with van der Waals surface area (Å²) in [4.78, 5) is 17.8. The standard InChI is InChI=1S/C21H43NO2/c1-4-7-10-13-16-19-24-22-21(23)20(17-14-11-8-5-2)18-15-12-9-6-3/h20H,4-19H2,1-3H3,(H,22,23). The highest BCUT2D eigenvalue weighted by molar-refractivity contribution is 5.77. The molecule has 0 saturated heterocycles. The number of amides is 1. The first-order chi connectivity index (χ1) is 11.8. The van der Waals surface area contributed by atoms with E-state index in [1.165, 1.54) is 64.2 Å². The van der Waals surface area contributed by atoms with E-state index in [4.69, 9.17) is 4.84 Å². The zero-order valence-electron chi connectivity index (χ0n) is 16.7. The third-order valence-electron chi connectivity index (χ3n) is 4.71. The van der Waals surface area contributed by atoms with Crippen LogP contribution in [0.4, 0.5) is 0 Å². The van der Waals surface area contributed by atoms with Crippen molar-refractivity contribution in [1.29, 1.82) is 0 Å². The number of unbranched alkanes of at least 4 members (excludes halogenated alkanes) is 10. The predicted octanol–water partition coefficient (Wildman–Crippen LogP) is 6.56. The number of hydroxylamine groups is 1. The second-order valence-corrected chi connectivity index (χ2v) is 7.12. The third-order valence-corrected chi connectivity index (χ3v) is 4.71. The summed E-state index contributed by atoms with van der Waals surface area (Å²) in [5.41, 5.74) is 2.72. The first-order valence-corrected chi connectivity index (χ1v) is 10.7. The highest BCUT2D eigenvalue weighted by Gasteiger charge is 2.17. The molecule has 0 aliphatic rings. The minimum atomic E-state index is 0.108. The molecular formula is C21H43NO2. The fraction of sp³-hybridized carbons (Fsp3) is 0.952. The number of hydrogen-bond donors (Lipinski definition) is 1. The maximum absolute atomic E-state index is 12.4. The molecule has 0 aromatic carbocycles. The summed E-state index contributed by atoms with van der Waals surface area (Å²) in [7, 11) is 0. The summed E-state index contributed by atoms with van der Waals surface area (Å²) >= 11 is 0. The van der Waals surface area contributed by atoms with Crippen molar-refractivity contribution < 1.29 is 9.63 Å². The van der Waals surface area contributed by atoms with Crippen molar-refractivity contribution >= 4 is 5.91 Å². The van der Waals surface area contributed by atoms with Gasteiger partial charge in [-0.05, 0) is 19.3 Å². The van der Waals surface area contributed by atoms with Crippen LogP contribution in [0.2, 0.25) is 0 Å². The van der Waals surface area contributed by atoms with Crippen molar-refractivity contribution in [3.05, 3.63) is 0 Å². The van der Waals surface area contributed by atoms with Gasteiger partial charge in [0.2, 0.25) is 5.91 Å². The van der Waals surface area contributed by atoms with Crippen LogP contribution in [0.15, 0.2) is 0 Å². The SMILES string of the molecule is CCCCCCCONC(=O)C(CCCCCC)CCCCCC. The van der Waals surface area contributed by atoms with Gasteiger partial charge in [-0.2, -0.15) is 0 Å². The molecule has 0 radical (unpaired) electrons. The van der Waals surface area contributed by atoms with Gasteiger partial charge >= 0.3 is 0 Å². The Labute approximate surface area is 151 Å². The lowest BCUT2D eigenvalue weighted by molar-refractivity contribution is -0.138. The Hall–Kier alpha value is -0.570. The minimum absolute atomic E-state index is 0.108. The van der Waals surface area contributed by atoms with Crippen LogP contribution in [-0.4, -0.2) is 12.5 Å². The second-order valence-electron chi connectivity index (χ2n) is 7.12. The average molecular weight is 342 g/mol. The Morgan fingerprint density at radius 1 is 0.708 bits per heavy atom. The van der Waals surface area contributed by atoms with Gasteiger partial charge in [-0.3, -0.25) is 9.63 Å². The molecule has 1 amide bonds. The van der Waals surface area contributed by atoms with Crippen molar-refractivity contribution in [3.8, 4) is 0 Å². The van der Waals surface area contributed by atoms with E-state index in [1.807, 2.05) is 0 Å². The lowest BCUT2D eigenvalue weighted by Gasteiger charge is -2.16. The van der Waals surface area contributed by atoms with Gasteiger partial charge in [0, 0.05) is 5.92 Å². The van der Waals surface area contributed by atoms with Crippen molar-refractivity contribution in [2.45, 2.75) is 117 Å². The Bertz CT molecular complexity index is 257. The maximum atomic E-state index is 12.4. The van der Waals surface area contributed by atoms with Crippen LogP contribution in [0.3, 0.4) is 0 Å². The van der Waals surface area contributed by atoms with Crippen molar-refractivity contribution in [2.24, 2.45) is 5.92 Å². The molecule has 0 aromatic rings. The van der Waals surface area contributed by atoms with Gasteiger partial charge in [0.15, 0.2) is 0 Å². The van der Waals surface area contributed by atoms with Gasteiger partial charge in [0.25, 0.3) is 0 Å².